The molecule has 2 aromatic rings. The summed E-state index contributed by atoms with van der Waals surface area (Å²) in [5.41, 5.74) is 1.61. The zero-order chi connectivity index (χ0) is 22.6. The fourth-order valence-electron chi connectivity index (χ4n) is 3.15. The summed E-state index contributed by atoms with van der Waals surface area (Å²) in [6.45, 7) is 1.76. The molecule has 1 heterocycles. The second kappa shape index (κ2) is 9.31. The predicted molar refractivity (Wildman–Crippen MR) is 112 cm³/mol. The predicted octanol–water partition coefficient (Wildman–Crippen LogP) is 1.99. The molecule has 0 atom stereocenters. The number of anilines is 2. The third-order valence-corrected chi connectivity index (χ3v) is 4.90. The molecule has 1 aliphatic rings. The molecular formula is C20H22FN3O6S. The van der Waals surface area contributed by atoms with Crippen LogP contribution in [0.1, 0.15) is 28.4 Å². The molecule has 0 fully saturated rings. The smallest absolute Gasteiger partial charge is 0.253 e. The van der Waals surface area contributed by atoms with Crippen LogP contribution >= 0.6 is 0 Å². The third kappa shape index (κ3) is 6.15. The van der Waals surface area contributed by atoms with Crippen LogP contribution in [0.25, 0.3) is 0 Å². The molecule has 3 rings (SSSR count). The minimum Gasteiger partial charge on any atom is -0.467 e. The first-order chi connectivity index (χ1) is 14.6. The van der Waals surface area contributed by atoms with Gasteiger partial charge in [0.05, 0.1) is 24.1 Å². The Balaban J connectivity index is 1.76. The number of amides is 2. The lowest BCUT2D eigenvalue weighted by molar-refractivity contribution is -0.114. The average molecular weight is 451 g/mol. The van der Waals surface area contributed by atoms with E-state index in [9.17, 15) is 22.4 Å². The summed E-state index contributed by atoms with van der Waals surface area (Å²) in [4.78, 5) is 24.1. The molecule has 11 heteroatoms. The Morgan fingerprint density at radius 1 is 1.19 bits per heavy atom. The van der Waals surface area contributed by atoms with Gasteiger partial charge in [-0.05, 0) is 42.3 Å². The quantitative estimate of drug-likeness (QED) is 0.592. The highest BCUT2D eigenvalue weighted by Gasteiger charge is 2.18. The van der Waals surface area contributed by atoms with Gasteiger partial charge in [-0.25, -0.2) is 12.8 Å². The van der Waals surface area contributed by atoms with E-state index in [0.717, 1.165) is 6.26 Å². The summed E-state index contributed by atoms with van der Waals surface area (Å²) in [6.07, 6.45) is 1.25. The number of sulfonamides is 1. The van der Waals surface area contributed by atoms with E-state index in [1.165, 1.54) is 37.3 Å². The van der Waals surface area contributed by atoms with Crippen LogP contribution in [-0.2, 0) is 32.6 Å². The maximum Gasteiger partial charge on any atom is 0.253 e. The number of ether oxygens (including phenoxy) is 2. The molecule has 0 bridgehead atoms. The molecular weight excluding hydrogens is 429 g/mol. The maximum absolute atomic E-state index is 13.9. The van der Waals surface area contributed by atoms with Gasteiger partial charge in [-0.15, -0.1) is 0 Å². The Morgan fingerprint density at radius 3 is 2.68 bits per heavy atom. The second-order valence-electron chi connectivity index (χ2n) is 6.99. The molecule has 2 aromatic carbocycles. The Bertz CT molecular complexity index is 1120. The lowest BCUT2D eigenvalue weighted by Gasteiger charge is -2.21. The largest absolute Gasteiger partial charge is 0.467 e. The monoisotopic (exact) mass is 451 g/mol. The molecule has 0 saturated heterocycles. The standard InChI is InChI=1S/C20H22FN3O6S/c1-12(25)23-16-3-4-18(24-31(2,27)28)17(9-16)20(26)22-6-5-13-7-15(21)8-14-10-29-11-30-19(13)14/h3-4,7-9,24H,5-6,10-11H2,1-2H3,(H,22,26)(H,23,25). The number of hydrogen-bond acceptors (Lipinski definition) is 6. The summed E-state index contributed by atoms with van der Waals surface area (Å²) < 4.78 is 50.0. The van der Waals surface area contributed by atoms with Crippen molar-refractivity contribution in [2.75, 3.05) is 29.6 Å². The molecule has 0 aromatic heterocycles. The molecule has 0 aliphatic carbocycles. The third-order valence-electron chi connectivity index (χ3n) is 4.31. The van der Waals surface area contributed by atoms with E-state index in [2.05, 4.69) is 15.4 Å². The van der Waals surface area contributed by atoms with Crippen molar-refractivity contribution in [2.24, 2.45) is 0 Å². The summed E-state index contributed by atoms with van der Waals surface area (Å²) in [5, 5.41) is 5.23. The zero-order valence-electron chi connectivity index (χ0n) is 17.0. The highest BCUT2D eigenvalue weighted by atomic mass is 32.2. The molecule has 0 saturated carbocycles. The van der Waals surface area contributed by atoms with Crippen LogP contribution in [0.4, 0.5) is 15.8 Å². The van der Waals surface area contributed by atoms with Crippen LogP contribution < -0.4 is 20.1 Å². The Morgan fingerprint density at radius 2 is 1.97 bits per heavy atom. The molecule has 0 radical (unpaired) electrons. The van der Waals surface area contributed by atoms with Gasteiger partial charge in [0, 0.05) is 24.7 Å². The first-order valence-corrected chi connectivity index (χ1v) is 11.2. The van der Waals surface area contributed by atoms with Crippen molar-refractivity contribution in [1.29, 1.82) is 0 Å². The van der Waals surface area contributed by atoms with E-state index in [0.29, 0.717) is 22.6 Å². The van der Waals surface area contributed by atoms with Crippen LogP contribution in [0.15, 0.2) is 30.3 Å². The van der Waals surface area contributed by atoms with Crippen molar-refractivity contribution in [3.8, 4) is 5.75 Å². The van der Waals surface area contributed by atoms with Crippen molar-refractivity contribution in [1.82, 2.24) is 5.32 Å². The summed E-state index contributed by atoms with van der Waals surface area (Å²) in [5.74, 6) is -0.797. The topological polar surface area (TPSA) is 123 Å². The van der Waals surface area contributed by atoms with Gasteiger partial charge >= 0.3 is 0 Å². The number of rotatable bonds is 7. The minimum absolute atomic E-state index is 0.0302. The first-order valence-electron chi connectivity index (χ1n) is 9.32. The average Bonchev–Trinajstić information content (AvgIpc) is 2.67. The molecule has 166 valence electrons. The zero-order valence-corrected chi connectivity index (χ0v) is 17.8. The highest BCUT2D eigenvalue weighted by Crippen LogP contribution is 2.29. The van der Waals surface area contributed by atoms with E-state index < -0.39 is 21.7 Å². The molecule has 0 unspecified atom stereocenters. The number of benzene rings is 2. The fourth-order valence-corrected chi connectivity index (χ4v) is 3.73. The van der Waals surface area contributed by atoms with Crippen molar-refractivity contribution in [2.45, 2.75) is 20.0 Å². The van der Waals surface area contributed by atoms with Gasteiger partial charge in [-0.1, -0.05) is 0 Å². The fraction of sp³-hybridized carbons (Fsp3) is 0.300. The highest BCUT2D eigenvalue weighted by molar-refractivity contribution is 7.92. The number of fused-ring (bicyclic) bond motifs is 1. The molecule has 2 amide bonds. The molecule has 0 spiro atoms. The van der Waals surface area contributed by atoms with Gasteiger partial charge in [0.15, 0.2) is 6.79 Å². The van der Waals surface area contributed by atoms with Crippen LogP contribution in [0.2, 0.25) is 0 Å². The summed E-state index contributed by atoms with van der Waals surface area (Å²) in [6, 6.07) is 6.91. The normalized spacial score (nSPS) is 13.0. The minimum atomic E-state index is -3.64. The number of halogens is 1. The van der Waals surface area contributed by atoms with Gasteiger partial charge in [0.25, 0.3) is 5.91 Å². The lowest BCUT2D eigenvalue weighted by Crippen LogP contribution is -2.27. The van der Waals surface area contributed by atoms with E-state index in [-0.39, 0.29) is 43.5 Å². The SMILES string of the molecule is CC(=O)Nc1ccc(NS(C)(=O)=O)c(C(=O)NCCc2cc(F)cc3c2OCOC3)c1. The Kier molecular flexibility index (Phi) is 6.76. The lowest BCUT2D eigenvalue weighted by atomic mass is 10.1. The molecule has 3 N–H and O–H groups in total. The molecule has 31 heavy (non-hydrogen) atoms. The van der Waals surface area contributed by atoms with E-state index >= 15 is 0 Å². The van der Waals surface area contributed by atoms with E-state index in [1.807, 2.05) is 0 Å². The van der Waals surface area contributed by atoms with Gasteiger partial charge < -0.3 is 20.1 Å². The second-order valence-corrected chi connectivity index (χ2v) is 8.73. The van der Waals surface area contributed by atoms with Gasteiger partial charge in [0.1, 0.15) is 11.6 Å². The van der Waals surface area contributed by atoms with Crippen LogP contribution in [0, 0.1) is 5.82 Å². The number of hydrogen-bond donors (Lipinski definition) is 3. The van der Waals surface area contributed by atoms with Crippen molar-refractivity contribution >= 4 is 33.2 Å². The summed E-state index contributed by atoms with van der Waals surface area (Å²) >= 11 is 0. The van der Waals surface area contributed by atoms with Crippen molar-refractivity contribution < 1.29 is 31.9 Å². The molecule has 1 aliphatic heterocycles. The van der Waals surface area contributed by atoms with Gasteiger partial charge in [-0.2, -0.15) is 0 Å². The Hall–Kier alpha value is -3.18. The molecule has 9 nitrogen and oxygen atoms in total. The summed E-state index contributed by atoms with van der Waals surface area (Å²) in [7, 11) is -3.64. The number of carbonyl (C=O) groups is 2. The van der Waals surface area contributed by atoms with E-state index in [1.54, 1.807) is 0 Å². The van der Waals surface area contributed by atoms with Crippen LogP contribution in [-0.4, -0.2) is 39.8 Å². The van der Waals surface area contributed by atoms with Crippen molar-refractivity contribution in [3.63, 3.8) is 0 Å². The van der Waals surface area contributed by atoms with E-state index in [4.69, 9.17) is 9.47 Å². The van der Waals surface area contributed by atoms with Gasteiger partial charge in [-0.3, -0.25) is 14.3 Å². The number of nitrogens with one attached hydrogen (secondary N) is 3. The van der Waals surface area contributed by atoms with Gasteiger partial charge in [0.2, 0.25) is 15.9 Å². The van der Waals surface area contributed by atoms with Crippen LogP contribution in [0.5, 0.6) is 5.75 Å². The first kappa shape index (κ1) is 22.5. The van der Waals surface area contributed by atoms with Crippen molar-refractivity contribution in [3.05, 3.63) is 52.8 Å². The van der Waals surface area contributed by atoms with Crippen LogP contribution in [0.3, 0.4) is 0 Å². The Labute approximate surface area is 179 Å². The maximum atomic E-state index is 13.9. The number of carbonyl (C=O) groups excluding carboxylic acids is 2.